The standard InChI is InChI=1S/C10H12Cl2FN/c11-4-1-5-14-7-8-2-3-10(13)9(12)6-8/h2-3,6,14H,1,4-5,7H2. The van der Waals surface area contributed by atoms with Crippen LogP contribution in [0.5, 0.6) is 0 Å². The Morgan fingerprint density at radius 3 is 2.79 bits per heavy atom. The Kier molecular flexibility index (Phi) is 5.23. The van der Waals surface area contributed by atoms with Crippen molar-refractivity contribution in [1.29, 1.82) is 0 Å². The van der Waals surface area contributed by atoms with Gasteiger partial charge in [-0.1, -0.05) is 17.7 Å². The Labute approximate surface area is 93.2 Å². The molecule has 0 amide bonds. The van der Waals surface area contributed by atoms with E-state index in [4.69, 9.17) is 23.2 Å². The fourth-order valence-electron chi connectivity index (χ4n) is 1.07. The van der Waals surface area contributed by atoms with Crippen LogP contribution in [-0.4, -0.2) is 12.4 Å². The van der Waals surface area contributed by atoms with Crippen molar-refractivity contribution in [2.45, 2.75) is 13.0 Å². The Bertz CT molecular complexity index is 291. The zero-order valence-electron chi connectivity index (χ0n) is 7.69. The maximum atomic E-state index is 12.8. The Hall–Kier alpha value is -0.310. The molecule has 1 aromatic rings. The monoisotopic (exact) mass is 235 g/mol. The van der Waals surface area contributed by atoms with Gasteiger partial charge < -0.3 is 5.32 Å². The van der Waals surface area contributed by atoms with Crippen molar-refractivity contribution in [3.8, 4) is 0 Å². The highest BCUT2D eigenvalue weighted by molar-refractivity contribution is 6.30. The predicted octanol–water partition coefficient (Wildman–Crippen LogP) is 3.20. The molecule has 0 saturated heterocycles. The van der Waals surface area contributed by atoms with Gasteiger partial charge >= 0.3 is 0 Å². The van der Waals surface area contributed by atoms with Gasteiger partial charge in [-0.2, -0.15) is 0 Å². The van der Waals surface area contributed by atoms with Gasteiger partial charge in [0.2, 0.25) is 0 Å². The van der Waals surface area contributed by atoms with Crippen LogP contribution in [0.2, 0.25) is 5.02 Å². The fraction of sp³-hybridized carbons (Fsp3) is 0.400. The van der Waals surface area contributed by atoms with E-state index in [1.54, 1.807) is 12.1 Å². The summed E-state index contributed by atoms with van der Waals surface area (Å²) in [6, 6.07) is 4.72. The number of rotatable bonds is 5. The Balaban J connectivity index is 2.39. The first kappa shape index (κ1) is 11.8. The fourth-order valence-corrected chi connectivity index (χ4v) is 1.41. The lowest BCUT2D eigenvalue weighted by molar-refractivity contribution is 0.625. The highest BCUT2D eigenvalue weighted by atomic mass is 35.5. The summed E-state index contributed by atoms with van der Waals surface area (Å²) in [6.45, 7) is 1.55. The first-order valence-electron chi connectivity index (χ1n) is 4.44. The summed E-state index contributed by atoms with van der Waals surface area (Å²) in [5, 5.41) is 3.35. The summed E-state index contributed by atoms with van der Waals surface area (Å²) in [6.07, 6.45) is 0.927. The first-order chi connectivity index (χ1) is 6.74. The average molecular weight is 236 g/mol. The molecule has 1 nitrogen and oxygen atoms in total. The van der Waals surface area contributed by atoms with Gasteiger partial charge in [0.1, 0.15) is 5.82 Å². The number of alkyl halides is 1. The maximum absolute atomic E-state index is 12.8. The second kappa shape index (κ2) is 6.23. The molecule has 0 heterocycles. The molecule has 0 radical (unpaired) electrons. The second-order valence-electron chi connectivity index (χ2n) is 2.97. The van der Waals surface area contributed by atoms with Crippen LogP contribution in [-0.2, 0) is 6.54 Å². The summed E-state index contributed by atoms with van der Waals surface area (Å²) in [7, 11) is 0. The SMILES string of the molecule is Fc1ccc(CNCCCCl)cc1Cl. The summed E-state index contributed by atoms with van der Waals surface area (Å²) in [5.74, 6) is 0.271. The molecule has 0 aliphatic rings. The third-order valence-corrected chi connectivity index (χ3v) is 2.36. The highest BCUT2D eigenvalue weighted by Gasteiger charge is 1.99. The van der Waals surface area contributed by atoms with Gasteiger partial charge in [0.05, 0.1) is 5.02 Å². The second-order valence-corrected chi connectivity index (χ2v) is 3.75. The van der Waals surface area contributed by atoms with E-state index in [0.717, 1.165) is 18.5 Å². The lowest BCUT2D eigenvalue weighted by Gasteiger charge is -2.04. The maximum Gasteiger partial charge on any atom is 0.141 e. The van der Waals surface area contributed by atoms with Crippen molar-refractivity contribution in [3.05, 3.63) is 34.6 Å². The van der Waals surface area contributed by atoms with E-state index < -0.39 is 0 Å². The molecule has 0 atom stereocenters. The molecule has 1 aromatic carbocycles. The summed E-state index contributed by atoms with van der Waals surface area (Å²) >= 11 is 11.1. The lowest BCUT2D eigenvalue weighted by Crippen LogP contribution is -2.14. The van der Waals surface area contributed by atoms with Crippen molar-refractivity contribution in [1.82, 2.24) is 5.32 Å². The molecule has 0 aromatic heterocycles. The first-order valence-corrected chi connectivity index (χ1v) is 5.36. The van der Waals surface area contributed by atoms with Gasteiger partial charge in [-0.05, 0) is 30.7 Å². The largest absolute Gasteiger partial charge is 0.313 e. The number of hydrogen-bond donors (Lipinski definition) is 1. The summed E-state index contributed by atoms with van der Waals surface area (Å²) in [5.41, 5.74) is 0.978. The van der Waals surface area contributed by atoms with Crippen molar-refractivity contribution in [2.24, 2.45) is 0 Å². The van der Waals surface area contributed by atoms with Crippen LogP contribution in [0, 0.1) is 5.82 Å². The molecule has 0 spiro atoms. The topological polar surface area (TPSA) is 12.0 Å². The third kappa shape index (κ3) is 3.82. The Morgan fingerprint density at radius 1 is 1.36 bits per heavy atom. The Morgan fingerprint density at radius 2 is 2.14 bits per heavy atom. The number of nitrogens with one attached hydrogen (secondary N) is 1. The minimum Gasteiger partial charge on any atom is -0.313 e. The average Bonchev–Trinajstić information content (AvgIpc) is 2.18. The minimum atomic E-state index is -0.379. The van der Waals surface area contributed by atoms with Crippen molar-refractivity contribution in [2.75, 3.05) is 12.4 Å². The molecule has 0 aliphatic heterocycles. The quantitative estimate of drug-likeness (QED) is 0.611. The van der Waals surface area contributed by atoms with Crippen LogP contribution >= 0.6 is 23.2 Å². The van der Waals surface area contributed by atoms with Crippen LogP contribution in [0.25, 0.3) is 0 Å². The molecule has 1 N–H and O–H groups in total. The van der Waals surface area contributed by atoms with E-state index in [1.165, 1.54) is 6.07 Å². The normalized spacial score (nSPS) is 10.5. The van der Waals surface area contributed by atoms with Crippen LogP contribution in [0.15, 0.2) is 18.2 Å². The van der Waals surface area contributed by atoms with Crippen molar-refractivity contribution < 1.29 is 4.39 Å². The van der Waals surface area contributed by atoms with Crippen LogP contribution < -0.4 is 5.32 Å². The van der Waals surface area contributed by atoms with Gasteiger partial charge in [0, 0.05) is 12.4 Å². The number of halogens is 3. The number of benzene rings is 1. The highest BCUT2D eigenvalue weighted by Crippen LogP contribution is 2.15. The molecule has 1 rings (SSSR count). The zero-order valence-corrected chi connectivity index (χ0v) is 9.21. The molecule has 0 fully saturated rings. The molecule has 0 bridgehead atoms. The molecule has 0 unspecified atom stereocenters. The van der Waals surface area contributed by atoms with Crippen molar-refractivity contribution in [3.63, 3.8) is 0 Å². The van der Waals surface area contributed by atoms with E-state index in [2.05, 4.69) is 5.32 Å². The molecule has 0 saturated carbocycles. The summed E-state index contributed by atoms with van der Waals surface area (Å²) in [4.78, 5) is 0. The van der Waals surface area contributed by atoms with Gasteiger partial charge in [-0.3, -0.25) is 0 Å². The van der Waals surface area contributed by atoms with Gasteiger partial charge in [-0.25, -0.2) is 4.39 Å². The van der Waals surface area contributed by atoms with Gasteiger partial charge in [0.25, 0.3) is 0 Å². The lowest BCUT2D eigenvalue weighted by atomic mass is 10.2. The smallest absolute Gasteiger partial charge is 0.141 e. The van der Waals surface area contributed by atoms with E-state index in [1.807, 2.05) is 0 Å². The third-order valence-electron chi connectivity index (χ3n) is 1.80. The van der Waals surface area contributed by atoms with E-state index in [0.29, 0.717) is 12.4 Å². The molecule has 4 heteroatoms. The van der Waals surface area contributed by atoms with Gasteiger partial charge in [0.15, 0.2) is 0 Å². The molecule has 0 aliphatic carbocycles. The van der Waals surface area contributed by atoms with Crippen molar-refractivity contribution >= 4 is 23.2 Å². The number of hydrogen-bond acceptors (Lipinski definition) is 1. The molecular weight excluding hydrogens is 224 g/mol. The van der Waals surface area contributed by atoms with E-state index >= 15 is 0 Å². The van der Waals surface area contributed by atoms with Gasteiger partial charge in [-0.15, -0.1) is 11.6 Å². The molecule has 78 valence electrons. The van der Waals surface area contributed by atoms with Crippen LogP contribution in [0.3, 0.4) is 0 Å². The van der Waals surface area contributed by atoms with E-state index in [-0.39, 0.29) is 10.8 Å². The minimum absolute atomic E-state index is 0.168. The van der Waals surface area contributed by atoms with Crippen LogP contribution in [0.1, 0.15) is 12.0 Å². The zero-order chi connectivity index (χ0) is 10.4. The predicted molar refractivity (Wildman–Crippen MR) is 58.5 cm³/mol. The molecular formula is C10H12Cl2FN. The van der Waals surface area contributed by atoms with Crippen LogP contribution in [0.4, 0.5) is 4.39 Å². The molecule has 14 heavy (non-hydrogen) atoms. The van der Waals surface area contributed by atoms with E-state index in [9.17, 15) is 4.39 Å². The summed E-state index contributed by atoms with van der Waals surface area (Å²) < 4.78 is 12.8.